The van der Waals surface area contributed by atoms with Crippen LogP contribution in [0.3, 0.4) is 0 Å². The summed E-state index contributed by atoms with van der Waals surface area (Å²) in [7, 11) is 0. The van der Waals surface area contributed by atoms with E-state index in [-0.39, 0.29) is 4.47 Å². The quantitative estimate of drug-likeness (QED) is 0.825. The van der Waals surface area contributed by atoms with E-state index in [0.717, 1.165) is 0 Å². The molecule has 0 fully saturated rings. The third kappa shape index (κ3) is 1.89. The van der Waals surface area contributed by atoms with Crippen molar-refractivity contribution in [3.05, 3.63) is 27.7 Å². The molecule has 1 rings (SSSR count). The molecule has 0 aliphatic rings. The largest absolute Gasteiger partial charge is 0.506 e. The molecule has 0 atom stereocenters. The molecule has 0 unspecified atom stereocenters. The van der Waals surface area contributed by atoms with Gasteiger partial charge >= 0.3 is 5.97 Å². The summed E-state index contributed by atoms with van der Waals surface area (Å²) in [6, 6.07) is 0.532. The van der Waals surface area contributed by atoms with E-state index >= 15 is 0 Å². The lowest BCUT2D eigenvalue weighted by Gasteiger charge is -2.22. The molecule has 3 nitrogen and oxygen atoms in total. The first-order valence-electron chi connectivity index (χ1n) is 4.30. The standard InChI is InChI=1S/C10H9BrF2O3/c1-10(2,9(15)16)6-4(12)3-5(13)7(11)8(6)14/h3,14H,1-2H3,(H,15,16). The summed E-state index contributed by atoms with van der Waals surface area (Å²) in [6.45, 7) is 2.44. The number of benzene rings is 1. The van der Waals surface area contributed by atoms with Crippen LogP contribution in [0.5, 0.6) is 5.75 Å². The van der Waals surface area contributed by atoms with Crippen LogP contribution in [0.2, 0.25) is 0 Å². The Hall–Kier alpha value is -1.17. The third-order valence-corrected chi connectivity index (χ3v) is 3.06. The summed E-state index contributed by atoms with van der Waals surface area (Å²) in [5.41, 5.74) is -2.10. The number of aromatic hydroxyl groups is 1. The number of carboxylic acids is 1. The highest BCUT2D eigenvalue weighted by Gasteiger charge is 2.36. The maximum Gasteiger partial charge on any atom is 0.313 e. The molecule has 2 N–H and O–H groups in total. The molecule has 88 valence electrons. The normalized spacial score (nSPS) is 11.6. The first-order chi connectivity index (χ1) is 7.19. The van der Waals surface area contributed by atoms with E-state index in [9.17, 15) is 18.7 Å². The van der Waals surface area contributed by atoms with Crippen molar-refractivity contribution in [3.8, 4) is 5.75 Å². The highest BCUT2D eigenvalue weighted by atomic mass is 79.9. The minimum absolute atomic E-state index is 0.349. The molecule has 0 saturated carbocycles. The molecular weight excluding hydrogens is 286 g/mol. The smallest absolute Gasteiger partial charge is 0.313 e. The van der Waals surface area contributed by atoms with Gasteiger partial charge in [0, 0.05) is 11.6 Å². The molecule has 0 saturated heterocycles. The zero-order valence-corrected chi connectivity index (χ0v) is 10.1. The van der Waals surface area contributed by atoms with Crippen LogP contribution in [-0.4, -0.2) is 16.2 Å². The van der Waals surface area contributed by atoms with E-state index in [0.29, 0.717) is 6.07 Å². The lowest BCUT2D eigenvalue weighted by molar-refractivity contribution is -0.142. The summed E-state index contributed by atoms with van der Waals surface area (Å²) in [4.78, 5) is 10.9. The van der Waals surface area contributed by atoms with E-state index in [1.54, 1.807) is 0 Å². The summed E-state index contributed by atoms with van der Waals surface area (Å²) in [5, 5.41) is 18.5. The van der Waals surface area contributed by atoms with Crippen molar-refractivity contribution >= 4 is 21.9 Å². The predicted octanol–water partition coefficient (Wildman–Crippen LogP) is 2.80. The number of hydrogen-bond donors (Lipinski definition) is 2. The highest BCUT2D eigenvalue weighted by molar-refractivity contribution is 9.10. The second kappa shape index (κ2) is 4.01. The van der Waals surface area contributed by atoms with Crippen molar-refractivity contribution in [3.63, 3.8) is 0 Å². The zero-order chi connectivity index (χ0) is 12.7. The molecule has 0 spiro atoms. The van der Waals surface area contributed by atoms with Gasteiger partial charge in [0.25, 0.3) is 0 Å². The summed E-state index contributed by atoms with van der Waals surface area (Å²) >= 11 is 2.72. The van der Waals surface area contributed by atoms with E-state index in [1.165, 1.54) is 13.8 Å². The number of phenolic OH excluding ortho intramolecular Hbond substituents is 1. The van der Waals surface area contributed by atoms with Crippen LogP contribution in [-0.2, 0) is 10.2 Å². The fourth-order valence-electron chi connectivity index (χ4n) is 1.28. The van der Waals surface area contributed by atoms with Crippen molar-refractivity contribution in [1.82, 2.24) is 0 Å². The van der Waals surface area contributed by atoms with Crippen molar-refractivity contribution in [1.29, 1.82) is 0 Å². The van der Waals surface area contributed by atoms with Gasteiger partial charge in [-0.05, 0) is 29.8 Å². The molecule has 1 aromatic rings. The Bertz CT molecular complexity index is 458. The van der Waals surface area contributed by atoms with Crippen LogP contribution in [0.4, 0.5) is 8.78 Å². The van der Waals surface area contributed by atoms with Crippen LogP contribution in [0, 0.1) is 11.6 Å². The van der Waals surface area contributed by atoms with Crippen LogP contribution in [0.15, 0.2) is 10.5 Å². The molecule has 0 aliphatic carbocycles. The SMILES string of the molecule is CC(C)(C(=O)O)c1c(F)cc(F)c(Br)c1O. The predicted molar refractivity (Wildman–Crippen MR) is 56.4 cm³/mol. The molecule has 0 aliphatic heterocycles. The molecule has 6 heteroatoms. The first kappa shape index (κ1) is 12.9. The lowest BCUT2D eigenvalue weighted by atomic mass is 9.83. The van der Waals surface area contributed by atoms with E-state index in [2.05, 4.69) is 15.9 Å². The van der Waals surface area contributed by atoms with Gasteiger partial charge in [-0.25, -0.2) is 8.78 Å². The van der Waals surface area contributed by atoms with Gasteiger partial charge in [-0.15, -0.1) is 0 Å². The highest BCUT2D eigenvalue weighted by Crippen LogP contribution is 2.39. The van der Waals surface area contributed by atoms with E-state index < -0.39 is 34.3 Å². The lowest BCUT2D eigenvalue weighted by Crippen LogP contribution is -2.30. The second-order valence-corrected chi connectivity index (χ2v) is 4.60. The van der Waals surface area contributed by atoms with Gasteiger partial charge in [-0.1, -0.05) is 0 Å². The Kier molecular flexibility index (Phi) is 3.23. The Morgan fingerprint density at radius 1 is 1.38 bits per heavy atom. The third-order valence-electron chi connectivity index (χ3n) is 2.31. The number of carboxylic acid groups (broad SMARTS) is 1. The number of rotatable bonds is 2. The Balaban J connectivity index is 3.58. The molecular formula is C10H9BrF2O3. The number of carbonyl (C=O) groups is 1. The molecule has 0 bridgehead atoms. The maximum absolute atomic E-state index is 13.5. The van der Waals surface area contributed by atoms with Gasteiger partial charge in [-0.3, -0.25) is 4.79 Å². The van der Waals surface area contributed by atoms with Gasteiger partial charge in [0.1, 0.15) is 17.4 Å². The summed E-state index contributed by atoms with van der Waals surface area (Å²) in [5.74, 6) is -4.13. The van der Waals surface area contributed by atoms with Crippen LogP contribution >= 0.6 is 15.9 Å². The monoisotopic (exact) mass is 294 g/mol. The average molecular weight is 295 g/mol. The van der Waals surface area contributed by atoms with E-state index in [4.69, 9.17) is 5.11 Å². The van der Waals surface area contributed by atoms with Gasteiger partial charge in [0.05, 0.1) is 9.89 Å². The van der Waals surface area contributed by atoms with Crippen molar-refractivity contribution in [2.24, 2.45) is 0 Å². The molecule has 0 radical (unpaired) electrons. The molecule has 0 amide bonds. The summed E-state index contributed by atoms with van der Waals surface area (Å²) in [6.07, 6.45) is 0. The van der Waals surface area contributed by atoms with Crippen LogP contribution in [0.25, 0.3) is 0 Å². The van der Waals surface area contributed by atoms with Gasteiger partial charge in [0.15, 0.2) is 0 Å². The van der Waals surface area contributed by atoms with Crippen molar-refractivity contribution in [2.45, 2.75) is 19.3 Å². The number of halogens is 3. The first-order valence-corrected chi connectivity index (χ1v) is 5.09. The zero-order valence-electron chi connectivity index (χ0n) is 8.51. The Labute approximate surface area is 98.8 Å². The van der Waals surface area contributed by atoms with Gasteiger partial charge < -0.3 is 10.2 Å². The van der Waals surface area contributed by atoms with Crippen molar-refractivity contribution in [2.75, 3.05) is 0 Å². The van der Waals surface area contributed by atoms with Crippen LogP contribution < -0.4 is 0 Å². The maximum atomic E-state index is 13.5. The fraction of sp³-hybridized carbons (Fsp3) is 0.300. The summed E-state index contributed by atoms with van der Waals surface area (Å²) < 4.78 is 26.1. The minimum Gasteiger partial charge on any atom is -0.506 e. The number of phenols is 1. The second-order valence-electron chi connectivity index (χ2n) is 3.81. The molecule has 0 heterocycles. The topological polar surface area (TPSA) is 57.5 Å². The fourth-order valence-corrected chi connectivity index (χ4v) is 1.60. The van der Waals surface area contributed by atoms with Gasteiger partial charge in [-0.2, -0.15) is 0 Å². The number of aliphatic carboxylic acids is 1. The Morgan fingerprint density at radius 3 is 2.31 bits per heavy atom. The minimum atomic E-state index is -1.65. The van der Waals surface area contributed by atoms with Crippen LogP contribution in [0.1, 0.15) is 19.4 Å². The van der Waals surface area contributed by atoms with Crippen molar-refractivity contribution < 1.29 is 23.8 Å². The molecule has 0 aromatic heterocycles. The van der Waals surface area contributed by atoms with E-state index in [1.807, 2.05) is 0 Å². The van der Waals surface area contributed by atoms with Gasteiger partial charge in [0.2, 0.25) is 0 Å². The molecule has 16 heavy (non-hydrogen) atoms. The molecule has 1 aromatic carbocycles. The Morgan fingerprint density at radius 2 is 1.88 bits per heavy atom. The number of hydrogen-bond acceptors (Lipinski definition) is 2. The average Bonchev–Trinajstić information content (AvgIpc) is 2.13.